The molecule has 28 heavy (non-hydrogen) atoms. The number of hydrogen-bond acceptors (Lipinski definition) is 6. The summed E-state index contributed by atoms with van der Waals surface area (Å²) in [5, 5.41) is 6.46. The molecule has 0 aliphatic carbocycles. The van der Waals surface area contributed by atoms with Gasteiger partial charge in [0.15, 0.2) is 5.82 Å². The van der Waals surface area contributed by atoms with E-state index in [1.165, 1.54) is 6.07 Å². The molecule has 0 fully saturated rings. The van der Waals surface area contributed by atoms with Crippen LogP contribution in [0.2, 0.25) is 0 Å². The first kappa shape index (κ1) is 19.3. The van der Waals surface area contributed by atoms with E-state index in [4.69, 9.17) is 14.0 Å². The highest BCUT2D eigenvalue weighted by Gasteiger charge is 2.13. The number of carbonyl (C=O) groups excluding carboxylic acids is 1. The van der Waals surface area contributed by atoms with Crippen LogP contribution in [0.4, 0.5) is 4.39 Å². The highest BCUT2D eigenvalue weighted by atomic mass is 19.1. The fourth-order valence-corrected chi connectivity index (χ4v) is 2.43. The second-order valence-corrected chi connectivity index (χ2v) is 5.90. The Balaban J connectivity index is 1.38. The molecule has 0 aliphatic rings. The van der Waals surface area contributed by atoms with E-state index in [9.17, 15) is 9.18 Å². The maximum atomic E-state index is 13.7. The maximum Gasteiger partial charge on any atom is 0.260 e. The van der Waals surface area contributed by atoms with Gasteiger partial charge in [-0.1, -0.05) is 17.3 Å². The standard InChI is InChI=1S/C20H20FN3O4/c1-26-14-8-10-15(11-9-14)27-12-4-7-19(25)22-13-18-23-20(28-24-18)16-5-2-3-6-17(16)21/h2-3,5-6,8-11H,4,7,12-13H2,1H3,(H,22,25). The van der Waals surface area contributed by atoms with Crippen molar-refractivity contribution in [1.82, 2.24) is 15.5 Å². The fourth-order valence-electron chi connectivity index (χ4n) is 2.43. The number of aromatic nitrogens is 2. The molecule has 0 atom stereocenters. The molecule has 0 saturated carbocycles. The molecular weight excluding hydrogens is 365 g/mol. The van der Waals surface area contributed by atoms with Crippen molar-refractivity contribution in [2.24, 2.45) is 0 Å². The minimum Gasteiger partial charge on any atom is -0.497 e. The van der Waals surface area contributed by atoms with Gasteiger partial charge in [0.05, 0.1) is 25.8 Å². The van der Waals surface area contributed by atoms with Crippen LogP contribution in [0.15, 0.2) is 53.1 Å². The third-order valence-corrected chi connectivity index (χ3v) is 3.89. The molecule has 1 aromatic heterocycles. The Morgan fingerprint density at radius 3 is 2.64 bits per heavy atom. The Bertz CT molecular complexity index is 912. The molecule has 1 amide bonds. The lowest BCUT2D eigenvalue weighted by atomic mass is 10.2. The predicted molar refractivity (Wildman–Crippen MR) is 99.3 cm³/mol. The molecule has 0 unspecified atom stereocenters. The number of nitrogens with zero attached hydrogens (tertiary/aromatic N) is 2. The van der Waals surface area contributed by atoms with Crippen molar-refractivity contribution in [1.29, 1.82) is 0 Å². The van der Waals surface area contributed by atoms with Gasteiger partial charge in [-0.25, -0.2) is 4.39 Å². The molecule has 0 aliphatic heterocycles. The third-order valence-electron chi connectivity index (χ3n) is 3.89. The summed E-state index contributed by atoms with van der Waals surface area (Å²) in [6.45, 7) is 0.523. The van der Waals surface area contributed by atoms with Crippen molar-refractivity contribution < 1.29 is 23.2 Å². The molecule has 0 spiro atoms. The highest BCUT2D eigenvalue weighted by Crippen LogP contribution is 2.20. The second-order valence-electron chi connectivity index (χ2n) is 5.90. The molecule has 7 nitrogen and oxygen atoms in total. The molecule has 0 saturated heterocycles. The topological polar surface area (TPSA) is 86.5 Å². The summed E-state index contributed by atoms with van der Waals surface area (Å²) in [6.07, 6.45) is 0.860. The first-order valence-corrected chi connectivity index (χ1v) is 8.77. The molecule has 1 N–H and O–H groups in total. The van der Waals surface area contributed by atoms with E-state index in [1.807, 2.05) is 24.3 Å². The van der Waals surface area contributed by atoms with Crippen molar-refractivity contribution in [2.45, 2.75) is 19.4 Å². The number of benzene rings is 2. The van der Waals surface area contributed by atoms with Gasteiger partial charge in [0.2, 0.25) is 5.91 Å². The van der Waals surface area contributed by atoms with Gasteiger partial charge in [-0.15, -0.1) is 0 Å². The third kappa shape index (κ3) is 5.29. The van der Waals surface area contributed by atoms with Gasteiger partial charge in [-0.2, -0.15) is 4.98 Å². The van der Waals surface area contributed by atoms with E-state index >= 15 is 0 Å². The van der Waals surface area contributed by atoms with Crippen LogP contribution >= 0.6 is 0 Å². The van der Waals surface area contributed by atoms with E-state index in [1.54, 1.807) is 25.3 Å². The molecule has 0 bridgehead atoms. The van der Waals surface area contributed by atoms with Crippen LogP contribution in [0.25, 0.3) is 11.5 Å². The SMILES string of the molecule is COc1ccc(OCCCC(=O)NCc2noc(-c3ccccc3F)n2)cc1. The number of amides is 1. The Hall–Kier alpha value is -3.42. The quantitative estimate of drug-likeness (QED) is 0.569. The van der Waals surface area contributed by atoms with Crippen molar-refractivity contribution in [3.63, 3.8) is 0 Å². The van der Waals surface area contributed by atoms with Crippen LogP contribution in [0.5, 0.6) is 11.5 Å². The van der Waals surface area contributed by atoms with Crippen molar-refractivity contribution >= 4 is 5.91 Å². The molecule has 1 heterocycles. The second kappa shape index (κ2) is 9.50. The minimum atomic E-state index is -0.446. The van der Waals surface area contributed by atoms with Gasteiger partial charge in [-0.05, 0) is 42.8 Å². The van der Waals surface area contributed by atoms with E-state index in [0.717, 1.165) is 5.75 Å². The minimum absolute atomic E-state index is 0.0789. The number of hydrogen-bond donors (Lipinski definition) is 1. The summed E-state index contributed by atoms with van der Waals surface area (Å²) in [6, 6.07) is 13.4. The van der Waals surface area contributed by atoms with Gasteiger partial charge in [-0.3, -0.25) is 4.79 Å². The maximum absolute atomic E-state index is 13.7. The summed E-state index contributed by atoms with van der Waals surface area (Å²) in [7, 11) is 1.60. The summed E-state index contributed by atoms with van der Waals surface area (Å²) in [4.78, 5) is 16.0. The Morgan fingerprint density at radius 1 is 1.14 bits per heavy atom. The Labute approximate surface area is 161 Å². The average Bonchev–Trinajstić information content (AvgIpc) is 3.19. The largest absolute Gasteiger partial charge is 0.497 e. The zero-order valence-electron chi connectivity index (χ0n) is 15.4. The van der Waals surface area contributed by atoms with Crippen LogP contribution in [0.1, 0.15) is 18.7 Å². The first-order chi connectivity index (χ1) is 13.7. The number of halogens is 1. The first-order valence-electron chi connectivity index (χ1n) is 8.77. The van der Waals surface area contributed by atoms with Crippen LogP contribution in [-0.2, 0) is 11.3 Å². The number of ether oxygens (including phenoxy) is 2. The Kier molecular flexibility index (Phi) is 6.56. The summed E-state index contributed by atoms with van der Waals surface area (Å²) >= 11 is 0. The monoisotopic (exact) mass is 385 g/mol. The van der Waals surface area contributed by atoms with E-state index in [2.05, 4.69) is 15.5 Å². The van der Waals surface area contributed by atoms with E-state index in [0.29, 0.717) is 25.2 Å². The number of nitrogens with one attached hydrogen (secondary N) is 1. The van der Waals surface area contributed by atoms with Crippen LogP contribution in [0, 0.1) is 5.82 Å². The summed E-state index contributed by atoms with van der Waals surface area (Å²) in [5.41, 5.74) is 0.225. The summed E-state index contributed by atoms with van der Waals surface area (Å²) in [5.74, 6) is 1.23. The number of methoxy groups -OCH3 is 1. The predicted octanol–water partition coefficient (Wildman–Crippen LogP) is 3.36. The van der Waals surface area contributed by atoms with E-state index < -0.39 is 5.82 Å². The normalized spacial score (nSPS) is 10.5. The van der Waals surface area contributed by atoms with Gasteiger partial charge < -0.3 is 19.3 Å². The van der Waals surface area contributed by atoms with Gasteiger partial charge in [0.1, 0.15) is 17.3 Å². The zero-order chi connectivity index (χ0) is 19.8. The van der Waals surface area contributed by atoms with Crippen molar-refractivity contribution in [2.75, 3.05) is 13.7 Å². The van der Waals surface area contributed by atoms with Crippen LogP contribution in [0.3, 0.4) is 0 Å². The molecule has 0 radical (unpaired) electrons. The smallest absolute Gasteiger partial charge is 0.260 e. The summed E-state index contributed by atoms with van der Waals surface area (Å²) < 4.78 is 29.4. The molecular formula is C20H20FN3O4. The molecule has 3 aromatic rings. The van der Waals surface area contributed by atoms with Crippen molar-refractivity contribution in [3.8, 4) is 23.0 Å². The average molecular weight is 385 g/mol. The van der Waals surface area contributed by atoms with Crippen LogP contribution < -0.4 is 14.8 Å². The fraction of sp³-hybridized carbons (Fsp3) is 0.250. The molecule has 8 heteroatoms. The lowest BCUT2D eigenvalue weighted by molar-refractivity contribution is -0.121. The van der Waals surface area contributed by atoms with Gasteiger partial charge in [0.25, 0.3) is 5.89 Å². The van der Waals surface area contributed by atoms with Crippen LogP contribution in [-0.4, -0.2) is 29.8 Å². The lowest BCUT2D eigenvalue weighted by Crippen LogP contribution is -2.23. The highest BCUT2D eigenvalue weighted by molar-refractivity contribution is 5.75. The molecule has 3 rings (SSSR count). The number of rotatable bonds is 9. The molecule has 146 valence electrons. The van der Waals surface area contributed by atoms with Gasteiger partial charge >= 0.3 is 0 Å². The van der Waals surface area contributed by atoms with Crippen molar-refractivity contribution in [3.05, 3.63) is 60.2 Å². The number of carbonyl (C=O) groups is 1. The Morgan fingerprint density at radius 2 is 1.89 bits per heavy atom. The van der Waals surface area contributed by atoms with E-state index in [-0.39, 0.29) is 29.7 Å². The lowest BCUT2D eigenvalue weighted by Gasteiger charge is -2.07. The van der Waals surface area contributed by atoms with Gasteiger partial charge in [0, 0.05) is 6.42 Å². The zero-order valence-corrected chi connectivity index (χ0v) is 15.4. The molecule has 2 aromatic carbocycles.